The second-order valence-electron chi connectivity index (χ2n) is 28.9. The van der Waals surface area contributed by atoms with Gasteiger partial charge < -0.3 is 0 Å². The Morgan fingerprint density at radius 1 is 0.264 bits per heavy atom. The monoisotopic (exact) mass is 1380 g/mol. The van der Waals surface area contributed by atoms with Crippen molar-refractivity contribution in [3.8, 4) is 74.9 Å². The molecule has 522 valence electrons. The van der Waals surface area contributed by atoms with Crippen molar-refractivity contribution in [2.45, 2.75) is 136 Å². The molecule has 5 heteroatoms. The van der Waals surface area contributed by atoms with Crippen molar-refractivity contribution in [1.29, 1.82) is 26.3 Å². The van der Waals surface area contributed by atoms with Gasteiger partial charge in [-0.05, 0) is 313 Å². The van der Waals surface area contributed by atoms with Crippen LogP contribution in [-0.2, 0) is 38.5 Å². The molecular weight excluding hydrogens is 1280 g/mol. The molecule has 3 aliphatic rings. The van der Waals surface area contributed by atoms with E-state index in [1.165, 1.54) is 156 Å². The van der Waals surface area contributed by atoms with E-state index >= 15 is 0 Å². The van der Waals surface area contributed by atoms with Crippen LogP contribution >= 0.6 is 0 Å². The number of fused-ring (bicyclic) bond motifs is 5. The molecule has 13 aromatic rings. The Morgan fingerprint density at radius 2 is 0.594 bits per heavy atom. The second kappa shape index (κ2) is 36.0. The molecule has 0 N–H and O–H groups in total. The fourth-order valence-corrected chi connectivity index (χ4v) is 15.8. The molecule has 2 saturated carbocycles. The van der Waals surface area contributed by atoms with Gasteiger partial charge in [-0.15, -0.1) is 0 Å². The Morgan fingerprint density at radius 3 is 1.05 bits per heavy atom. The van der Waals surface area contributed by atoms with E-state index in [0.717, 1.165) is 89.8 Å². The summed E-state index contributed by atoms with van der Waals surface area (Å²) in [6, 6.07) is 106. The van der Waals surface area contributed by atoms with Crippen LogP contribution in [0.3, 0.4) is 0 Å². The summed E-state index contributed by atoms with van der Waals surface area (Å²) in [5, 5.41) is 51.8. The van der Waals surface area contributed by atoms with E-state index in [9.17, 15) is 0 Å². The predicted molar refractivity (Wildman–Crippen MR) is 440 cm³/mol. The molecule has 16 rings (SSSR count). The van der Waals surface area contributed by atoms with Crippen LogP contribution in [0.25, 0.3) is 76.8 Å². The molecule has 0 spiro atoms. The molecule has 0 saturated heterocycles. The van der Waals surface area contributed by atoms with Crippen LogP contribution in [0.5, 0.6) is 0 Å². The van der Waals surface area contributed by atoms with Gasteiger partial charge in [-0.25, -0.2) is 0 Å². The fourth-order valence-electron chi connectivity index (χ4n) is 15.8. The highest BCUT2D eigenvalue weighted by Gasteiger charge is 2.35. The topological polar surface area (TPSA) is 119 Å². The van der Waals surface area contributed by atoms with Gasteiger partial charge in [0.1, 0.15) is 0 Å². The maximum Gasteiger partial charge on any atom is 0.0991 e. The normalized spacial score (nSPS) is 16.1. The standard InChI is InChI=1S/C25H19N.C19H25N.C19H15N.C19H19N.C19H15N/c1-2-18-3-7-20(8-4-18)22-11-13-25-16-23(12-14-24(25)15-22)21-9-5-19(17-26)6-10-21;2*1-2-14-3-8-19-12-18(10-9-17(19)11-14)16-6-4-15(13-20)5-7-16;2*1-2-14-3-6-16(7-4-14)18-10-9-17-11-15(13-20)5-8-19(17)12-18/h3-16H,2H2,1H3;4-7,14,17-19H,2-3,8-12H2,1H3;3-12H,2H2,1H3;3-8,11,18H,2,9-10,12H2,1H3;3-12H,2H2,1H3. The Kier molecular flexibility index (Phi) is 25.1. The van der Waals surface area contributed by atoms with Crippen LogP contribution in [0.2, 0.25) is 0 Å². The van der Waals surface area contributed by atoms with Crippen molar-refractivity contribution in [3.63, 3.8) is 0 Å². The Hall–Kier alpha value is -11.9. The number of aryl methyl sites for hydroxylation is 5. The van der Waals surface area contributed by atoms with Gasteiger partial charge in [0.25, 0.3) is 0 Å². The number of rotatable bonds is 11. The summed E-state index contributed by atoms with van der Waals surface area (Å²) in [6.07, 6.45) is 17.6. The summed E-state index contributed by atoms with van der Waals surface area (Å²) in [5.74, 6) is 4.33. The lowest BCUT2D eigenvalue weighted by molar-refractivity contribution is 0.116. The third kappa shape index (κ3) is 18.7. The van der Waals surface area contributed by atoms with Crippen molar-refractivity contribution in [1.82, 2.24) is 0 Å². The highest BCUT2D eigenvalue weighted by atomic mass is 14.4. The van der Waals surface area contributed by atoms with E-state index in [4.69, 9.17) is 26.3 Å². The molecule has 2 fully saturated rings. The van der Waals surface area contributed by atoms with Crippen LogP contribution in [0, 0.1) is 74.4 Å². The van der Waals surface area contributed by atoms with Gasteiger partial charge in [0.15, 0.2) is 0 Å². The summed E-state index contributed by atoms with van der Waals surface area (Å²) in [6.45, 7) is 11.1. The van der Waals surface area contributed by atoms with Crippen molar-refractivity contribution < 1.29 is 0 Å². The molecule has 0 heterocycles. The lowest BCUT2D eigenvalue weighted by Gasteiger charge is -2.42. The van der Waals surface area contributed by atoms with Gasteiger partial charge in [-0.3, -0.25) is 0 Å². The molecule has 0 radical (unpaired) electrons. The Balaban J connectivity index is 0.000000125. The smallest absolute Gasteiger partial charge is 0.0991 e. The molecule has 13 aromatic carbocycles. The zero-order valence-corrected chi connectivity index (χ0v) is 62.0. The number of nitriles is 5. The molecule has 106 heavy (non-hydrogen) atoms. The Bertz CT molecular complexity index is 5360. The van der Waals surface area contributed by atoms with Crippen LogP contribution in [0.1, 0.15) is 170 Å². The zero-order chi connectivity index (χ0) is 73.7. The molecule has 3 aliphatic carbocycles. The lowest BCUT2D eigenvalue weighted by atomic mass is 9.63. The molecule has 0 amide bonds. The summed E-state index contributed by atoms with van der Waals surface area (Å²) < 4.78 is 0. The van der Waals surface area contributed by atoms with Gasteiger partial charge in [0, 0.05) is 0 Å². The quantitative estimate of drug-likeness (QED) is 0.128. The van der Waals surface area contributed by atoms with Crippen LogP contribution in [0.15, 0.2) is 273 Å². The van der Waals surface area contributed by atoms with Crippen molar-refractivity contribution in [2.24, 2.45) is 17.8 Å². The first-order chi connectivity index (χ1) is 51.9. The maximum absolute atomic E-state index is 8.97. The number of hydrogen-bond acceptors (Lipinski definition) is 5. The van der Waals surface area contributed by atoms with Crippen molar-refractivity contribution in [2.75, 3.05) is 0 Å². The Labute approximate surface area is 629 Å². The van der Waals surface area contributed by atoms with Crippen molar-refractivity contribution >= 4 is 32.3 Å². The molecule has 5 atom stereocenters. The average Bonchev–Trinajstić information content (AvgIpc) is 0.822. The molecule has 0 aromatic heterocycles. The van der Waals surface area contributed by atoms with Gasteiger partial charge in [0.05, 0.1) is 58.2 Å². The van der Waals surface area contributed by atoms with E-state index in [-0.39, 0.29) is 0 Å². The van der Waals surface area contributed by atoms with E-state index in [1.54, 1.807) is 0 Å². The number of hydrogen-bond donors (Lipinski definition) is 0. The van der Waals surface area contributed by atoms with Crippen molar-refractivity contribution in [3.05, 3.63) is 345 Å². The minimum absolute atomic E-state index is 0.626. The van der Waals surface area contributed by atoms with E-state index in [1.807, 2.05) is 84.9 Å². The zero-order valence-electron chi connectivity index (χ0n) is 62.0. The average molecular weight is 1380 g/mol. The third-order valence-electron chi connectivity index (χ3n) is 22.4. The molecule has 5 unspecified atom stereocenters. The summed E-state index contributed by atoms with van der Waals surface area (Å²) in [5.41, 5.74) is 24.4. The number of benzene rings is 13. The highest BCUT2D eigenvalue weighted by Crippen LogP contribution is 2.48. The first-order valence-corrected chi connectivity index (χ1v) is 38.3. The van der Waals surface area contributed by atoms with E-state index in [2.05, 4.69) is 253 Å². The molecule has 0 bridgehead atoms. The van der Waals surface area contributed by atoms with Gasteiger partial charge in [0.2, 0.25) is 0 Å². The van der Waals surface area contributed by atoms with Crippen LogP contribution in [0.4, 0.5) is 0 Å². The van der Waals surface area contributed by atoms with Crippen LogP contribution in [-0.4, -0.2) is 0 Å². The lowest BCUT2D eigenvalue weighted by Crippen LogP contribution is -2.30. The van der Waals surface area contributed by atoms with Gasteiger partial charge >= 0.3 is 0 Å². The number of nitrogens with zero attached hydrogens (tertiary/aromatic N) is 5. The van der Waals surface area contributed by atoms with E-state index < -0.39 is 0 Å². The first-order valence-electron chi connectivity index (χ1n) is 38.3. The first kappa shape index (κ1) is 73.8. The molecular formula is C101H93N5. The summed E-state index contributed by atoms with van der Waals surface area (Å²) >= 11 is 0. The minimum Gasteiger partial charge on any atom is -0.192 e. The minimum atomic E-state index is 0.626. The largest absolute Gasteiger partial charge is 0.192 e. The highest BCUT2D eigenvalue weighted by molar-refractivity contribution is 5.92. The predicted octanol–water partition coefficient (Wildman–Crippen LogP) is 26.2. The second-order valence-corrected chi connectivity index (χ2v) is 28.9. The maximum atomic E-state index is 8.97. The van der Waals surface area contributed by atoms with E-state index in [0.29, 0.717) is 22.6 Å². The SMILES string of the molecule is CCC1CCC2CC(c3ccc(C#N)cc3)CCC2C1.CCc1ccc(-c2ccc3cc(-c4ccc(C#N)cc4)ccc3c2)cc1.CCc1ccc(-c2ccc3cc(C#N)ccc3c2)cc1.CCc1ccc(C2CCc3cc(C#N)ccc3C2)cc1.CCc1ccc2cc(-c3ccc(C#N)cc3)ccc2c1. The summed E-state index contributed by atoms with van der Waals surface area (Å²) in [4.78, 5) is 0. The van der Waals surface area contributed by atoms with Gasteiger partial charge in [-0.1, -0.05) is 236 Å². The third-order valence-corrected chi connectivity index (χ3v) is 22.4. The molecule has 0 aliphatic heterocycles. The fraction of sp³-hybridized carbons (Fsp3) is 0.238. The van der Waals surface area contributed by atoms with Crippen LogP contribution < -0.4 is 0 Å². The molecule has 5 nitrogen and oxygen atoms in total. The van der Waals surface area contributed by atoms with Gasteiger partial charge in [-0.2, -0.15) is 26.3 Å². The summed E-state index contributed by atoms with van der Waals surface area (Å²) in [7, 11) is 0.